The molecule has 0 radical (unpaired) electrons. The van der Waals surface area contributed by atoms with Crippen LogP contribution in [-0.2, 0) is 9.59 Å². The van der Waals surface area contributed by atoms with Gasteiger partial charge >= 0.3 is 5.97 Å². The molecule has 2 N–H and O–H groups in total. The predicted octanol–water partition coefficient (Wildman–Crippen LogP) is 0.452. The minimum atomic E-state index is -0.947. The number of carbonyl (C=O) groups excluding carboxylic acids is 1. The average Bonchev–Trinajstić information content (AvgIpc) is 2.28. The van der Waals surface area contributed by atoms with Crippen LogP contribution in [0.5, 0.6) is 0 Å². The molecule has 1 atom stereocenters. The molecular formula is C11H20N2O3. The Morgan fingerprint density at radius 2 is 2.19 bits per heavy atom. The van der Waals surface area contributed by atoms with E-state index in [0.29, 0.717) is 6.54 Å². The number of nitrogens with one attached hydrogen (secondary N) is 1. The van der Waals surface area contributed by atoms with Gasteiger partial charge in [0.15, 0.2) is 0 Å². The largest absolute Gasteiger partial charge is 0.480 e. The fourth-order valence-electron chi connectivity index (χ4n) is 1.98. The van der Waals surface area contributed by atoms with Crippen LogP contribution >= 0.6 is 0 Å². The van der Waals surface area contributed by atoms with Crippen molar-refractivity contribution in [2.45, 2.75) is 38.6 Å². The van der Waals surface area contributed by atoms with Crippen LogP contribution in [0, 0.1) is 0 Å². The summed E-state index contributed by atoms with van der Waals surface area (Å²) < 4.78 is 0. The zero-order chi connectivity index (χ0) is 12.0. The average molecular weight is 228 g/mol. The summed E-state index contributed by atoms with van der Waals surface area (Å²) in [4.78, 5) is 24.1. The van der Waals surface area contributed by atoms with Crippen LogP contribution in [-0.4, -0.2) is 47.6 Å². The Kier molecular flexibility index (Phi) is 5.25. The van der Waals surface area contributed by atoms with Gasteiger partial charge in [-0.1, -0.05) is 13.3 Å². The fraction of sp³-hybridized carbons (Fsp3) is 0.818. The highest BCUT2D eigenvalue weighted by Crippen LogP contribution is 2.10. The molecule has 0 unspecified atom stereocenters. The van der Waals surface area contributed by atoms with Crippen molar-refractivity contribution in [2.24, 2.45) is 0 Å². The molecule has 1 aliphatic heterocycles. The third kappa shape index (κ3) is 3.81. The maximum absolute atomic E-state index is 12.0. The van der Waals surface area contributed by atoms with Crippen LogP contribution < -0.4 is 5.32 Å². The van der Waals surface area contributed by atoms with Gasteiger partial charge in [0.2, 0.25) is 5.91 Å². The highest BCUT2D eigenvalue weighted by Gasteiger charge is 2.26. The van der Waals surface area contributed by atoms with E-state index in [1.54, 1.807) is 0 Å². The summed E-state index contributed by atoms with van der Waals surface area (Å²) in [7, 11) is 0. The highest BCUT2D eigenvalue weighted by molar-refractivity contribution is 5.85. The van der Waals surface area contributed by atoms with Crippen LogP contribution in [0.3, 0.4) is 0 Å². The Balaban J connectivity index is 2.54. The lowest BCUT2D eigenvalue weighted by Crippen LogP contribution is -2.50. The molecule has 1 rings (SSSR count). The molecule has 5 nitrogen and oxygen atoms in total. The van der Waals surface area contributed by atoms with Crippen molar-refractivity contribution in [1.82, 2.24) is 10.2 Å². The minimum Gasteiger partial charge on any atom is -0.480 e. The second-order valence-corrected chi connectivity index (χ2v) is 4.16. The molecular weight excluding hydrogens is 208 g/mol. The molecule has 0 aliphatic carbocycles. The number of carboxylic acids is 1. The van der Waals surface area contributed by atoms with Crippen molar-refractivity contribution in [3.05, 3.63) is 0 Å². The van der Waals surface area contributed by atoms with Gasteiger partial charge < -0.3 is 15.3 Å². The second kappa shape index (κ2) is 6.48. The Labute approximate surface area is 95.8 Å². The second-order valence-electron chi connectivity index (χ2n) is 4.16. The molecule has 1 heterocycles. The lowest BCUT2D eigenvalue weighted by atomic mass is 10.0. The predicted molar refractivity (Wildman–Crippen MR) is 60.1 cm³/mol. The molecule has 0 saturated carbocycles. The van der Waals surface area contributed by atoms with E-state index in [4.69, 9.17) is 5.11 Å². The van der Waals surface area contributed by atoms with Gasteiger partial charge in [-0.2, -0.15) is 0 Å². The number of amides is 1. The molecule has 1 amide bonds. The van der Waals surface area contributed by atoms with Gasteiger partial charge in [-0.3, -0.25) is 9.59 Å². The van der Waals surface area contributed by atoms with E-state index in [0.717, 1.165) is 32.2 Å². The van der Waals surface area contributed by atoms with E-state index in [1.165, 1.54) is 4.90 Å². The SMILES string of the molecule is CCCN(CC(=O)O)C(=O)[C@H]1CCCCN1. The van der Waals surface area contributed by atoms with Crippen molar-refractivity contribution in [2.75, 3.05) is 19.6 Å². The zero-order valence-electron chi connectivity index (χ0n) is 9.74. The van der Waals surface area contributed by atoms with E-state index in [1.807, 2.05) is 6.92 Å². The van der Waals surface area contributed by atoms with Crippen LogP contribution in [0.4, 0.5) is 0 Å². The molecule has 92 valence electrons. The molecule has 0 aromatic rings. The Hall–Kier alpha value is -1.10. The van der Waals surface area contributed by atoms with Crippen molar-refractivity contribution >= 4 is 11.9 Å². The monoisotopic (exact) mass is 228 g/mol. The first kappa shape index (κ1) is 13.0. The zero-order valence-corrected chi connectivity index (χ0v) is 9.74. The molecule has 1 fully saturated rings. The van der Waals surface area contributed by atoms with Crippen LogP contribution in [0.1, 0.15) is 32.6 Å². The standard InChI is InChI=1S/C11H20N2O3/c1-2-7-13(8-10(14)15)11(16)9-5-3-4-6-12-9/h9,12H,2-8H2,1H3,(H,14,15)/t9-/m1/s1. The molecule has 0 aromatic heterocycles. The summed E-state index contributed by atoms with van der Waals surface area (Å²) in [6.45, 7) is 3.12. The number of piperidine rings is 1. The summed E-state index contributed by atoms with van der Waals surface area (Å²) in [5, 5.41) is 11.9. The summed E-state index contributed by atoms with van der Waals surface area (Å²) in [5.41, 5.74) is 0. The van der Waals surface area contributed by atoms with Crippen molar-refractivity contribution < 1.29 is 14.7 Å². The number of rotatable bonds is 5. The van der Waals surface area contributed by atoms with E-state index in [-0.39, 0.29) is 18.5 Å². The van der Waals surface area contributed by atoms with Crippen molar-refractivity contribution in [3.8, 4) is 0 Å². The van der Waals surface area contributed by atoms with Gasteiger partial charge in [0.25, 0.3) is 0 Å². The van der Waals surface area contributed by atoms with Crippen LogP contribution in [0.25, 0.3) is 0 Å². The first-order valence-corrected chi connectivity index (χ1v) is 5.89. The number of hydrogen-bond donors (Lipinski definition) is 2. The molecule has 1 saturated heterocycles. The first-order chi connectivity index (χ1) is 7.65. The van der Waals surface area contributed by atoms with Crippen molar-refractivity contribution in [1.29, 1.82) is 0 Å². The van der Waals surface area contributed by atoms with Gasteiger partial charge in [0.05, 0.1) is 6.04 Å². The van der Waals surface area contributed by atoms with Gasteiger partial charge in [0.1, 0.15) is 6.54 Å². The lowest BCUT2D eigenvalue weighted by Gasteiger charge is -2.28. The van der Waals surface area contributed by atoms with Gasteiger partial charge in [-0.25, -0.2) is 0 Å². The van der Waals surface area contributed by atoms with Gasteiger partial charge in [-0.15, -0.1) is 0 Å². The Morgan fingerprint density at radius 3 is 2.69 bits per heavy atom. The minimum absolute atomic E-state index is 0.0658. The third-order valence-electron chi connectivity index (χ3n) is 2.74. The van der Waals surface area contributed by atoms with Crippen LogP contribution in [0.15, 0.2) is 0 Å². The van der Waals surface area contributed by atoms with Crippen molar-refractivity contribution in [3.63, 3.8) is 0 Å². The Morgan fingerprint density at radius 1 is 1.44 bits per heavy atom. The number of hydrogen-bond acceptors (Lipinski definition) is 3. The summed E-state index contributed by atoms with van der Waals surface area (Å²) >= 11 is 0. The number of carbonyl (C=O) groups is 2. The lowest BCUT2D eigenvalue weighted by molar-refractivity contribution is -0.145. The van der Waals surface area contributed by atoms with E-state index >= 15 is 0 Å². The topological polar surface area (TPSA) is 69.6 Å². The normalized spacial score (nSPS) is 20.4. The van der Waals surface area contributed by atoms with E-state index in [9.17, 15) is 9.59 Å². The summed E-state index contributed by atoms with van der Waals surface area (Å²) in [5.74, 6) is -1.01. The first-order valence-electron chi connectivity index (χ1n) is 5.89. The molecule has 0 bridgehead atoms. The summed E-state index contributed by atoms with van der Waals surface area (Å²) in [6, 6.07) is -0.181. The maximum Gasteiger partial charge on any atom is 0.323 e. The molecule has 0 aromatic carbocycles. The molecule has 1 aliphatic rings. The molecule has 0 spiro atoms. The van der Waals surface area contributed by atoms with Gasteiger partial charge in [-0.05, 0) is 25.8 Å². The fourth-order valence-corrected chi connectivity index (χ4v) is 1.98. The number of carboxylic acid groups (broad SMARTS) is 1. The third-order valence-corrected chi connectivity index (χ3v) is 2.74. The van der Waals surface area contributed by atoms with E-state index < -0.39 is 5.97 Å². The molecule has 5 heteroatoms. The number of nitrogens with zero attached hydrogens (tertiary/aromatic N) is 1. The quantitative estimate of drug-likeness (QED) is 0.717. The summed E-state index contributed by atoms with van der Waals surface area (Å²) in [6.07, 6.45) is 3.73. The smallest absolute Gasteiger partial charge is 0.323 e. The van der Waals surface area contributed by atoms with Crippen LogP contribution in [0.2, 0.25) is 0 Å². The van der Waals surface area contributed by atoms with Gasteiger partial charge in [0, 0.05) is 6.54 Å². The molecule has 16 heavy (non-hydrogen) atoms. The Bertz CT molecular complexity index is 250. The van der Waals surface area contributed by atoms with E-state index in [2.05, 4.69) is 5.32 Å². The highest BCUT2D eigenvalue weighted by atomic mass is 16.4. The number of aliphatic carboxylic acids is 1. The maximum atomic E-state index is 12.0.